The van der Waals surface area contributed by atoms with Crippen molar-refractivity contribution in [2.75, 3.05) is 4.90 Å². The number of nitrogens with zero attached hydrogens (tertiary/aromatic N) is 2. The van der Waals surface area contributed by atoms with Gasteiger partial charge in [-0.15, -0.1) is 45.3 Å². The molecular weight excluding hydrogens is 1180 g/mol. The molecule has 0 bridgehead atoms. The van der Waals surface area contributed by atoms with Gasteiger partial charge in [0, 0.05) is 84.4 Å². The predicted molar refractivity (Wildman–Crippen MR) is 333 cm³/mol. The fraction of sp³-hybridized carbons (Fsp3) is 0.279. The largest absolute Gasteiger partial charge is 0.422 e. The Morgan fingerprint density at radius 2 is 0.919 bits per heavy atom. The molecule has 3 aliphatic rings. The summed E-state index contributed by atoms with van der Waals surface area (Å²) in [5.41, 5.74) is -1.94. The maximum atomic E-state index is 16.0. The number of thiophene rings is 4. The van der Waals surface area contributed by atoms with E-state index < -0.39 is 52.3 Å². The molecule has 86 heavy (non-hydrogen) atoms. The van der Waals surface area contributed by atoms with Crippen molar-refractivity contribution in [3.63, 3.8) is 0 Å². The third-order valence-corrected chi connectivity index (χ3v) is 21.8. The highest BCUT2D eigenvalue weighted by Gasteiger charge is 2.80. The van der Waals surface area contributed by atoms with Crippen molar-refractivity contribution in [3.8, 4) is 25.3 Å². The molecule has 4 aromatic heterocycles. The summed E-state index contributed by atoms with van der Waals surface area (Å²) in [7, 11) is 0. The first kappa shape index (κ1) is 57.6. The first-order chi connectivity index (χ1) is 41.2. The van der Waals surface area contributed by atoms with Crippen LogP contribution in [0, 0.1) is 20.8 Å². The van der Waals surface area contributed by atoms with Gasteiger partial charge >= 0.3 is 23.7 Å². The van der Waals surface area contributed by atoms with Gasteiger partial charge in [-0.05, 0) is 162 Å². The summed E-state index contributed by atoms with van der Waals surface area (Å²) in [6.07, 6.45) is 9.84. The van der Waals surface area contributed by atoms with Crippen LogP contribution in [0.2, 0.25) is 0 Å². The molecule has 0 radical (unpaired) electrons. The maximum absolute atomic E-state index is 16.0. The number of carbonyl (C=O) groups is 5. The van der Waals surface area contributed by atoms with Crippen LogP contribution in [0.1, 0.15) is 155 Å². The Kier molecular flexibility index (Phi) is 14.3. The van der Waals surface area contributed by atoms with E-state index in [4.69, 9.17) is 4.74 Å². The summed E-state index contributed by atoms with van der Waals surface area (Å²) in [6, 6.07) is 29.1. The lowest BCUT2D eigenvalue weighted by atomic mass is 9.82. The molecule has 0 saturated carbocycles. The minimum atomic E-state index is -5.73. The fourth-order valence-corrected chi connectivity index (χ4v) is 16.9. The number of carbonyl (C=O) groups excluding carboxylic acids is 5. The van der Waals surface area contributed by atoms with Gasteiger partial charge in [0.1, 0.15) is 10.6 Å². The smallest absolute Gasteiger partial charge is 0.380 e. The molecule has 13 rings (SSSR count). The zero-order valence-electron chi connectivity index (χ0n) is 47.3. The van der Waals surface area contributed by atoms with Gasteiger partial charge in [-0.3, -0.25) is 24.1 Å². The molecule has 8 nitrogen and oxygen atoms in total. The molecule has 0 N–H and O–H groups in total. The number of amides is 4. The molecule has 0 fully saturated rings. The third-order valence-electron chi connectivity index (χ3n) is 17.2. The number of halogens is 6. The molecule has 6 heterocycles. The van der Waals surface area contributed by atoms with E-state index in [1.165, 1.54) is 78.6 Å². The SMILES string of the molecule is CCCCCCC(CCCCCC)N1C(=O)c2ccc3c4ccc5c6c(ccc(c7ccc(c2c37)C1=O)c64)C(=O)N(c1ccc(OC(=O)c2ccc(-c3cc(C4=C(c6cc(-c7ccc(C)s7)sc6C)C(F)(F)C(F)(F)C4(F)F)c(C)s3)s2)cc1)C5=O. The second kappa shape index (κ2) is 21.4. The third kappa shape index (κ3) is 8.81. The van der Waals surface area contributed by atoms with Crippen LogP contribution >= 0.6 is 45.3 Å². The highest BCUT2D eigenvalue weighted by molar-refractivity contribution is 7.23. The number of rotatable bonds is 18. The number of ether oxygens (including phenoxy) is 1. The molecule has 0 atom stereocenters. The number of alkyl halides is 6. The van der Waals surface area contributed by atoms with E-state index in [0.29, 0.717) is 41.9 Å². The number of esters is 1. The van der Waals surface area contributed by atoms with Gasteiger partial charge in [0.2, 0.25) is 0 Å². The van der Waals surface area contributed by atoms with Crippen molar-refractivity contribution >= 4 is 135 Å². The number of allylic oxidation sites excluding steroid dienone is 2. The zero-order chi connectivity index (χ0) is 60.5. The fourth-order valence-electron chi connectivity index (χ4n) is 13.0. The average Bonchev–Trinajstić information content (AvgIpc) is 1.17. The molecule has 0 saturated heterocycles. The van der Waals surface area contributed by atoms with Gasteiger partial charge in [0.15, 0.2) is 0 Å². The van der Waals surface area contributed by atoms with Crippen molar-refractivity contribution in [1.29, 1.82) is 0 Å². The van der Waals surface area contributed by atoms with Crippen molar-refractivity contribution in [2.45, 2.75) is 123 Å². The van der Waals surface area contributed by atoms with Crippen molar-refractivity contribution in [2.24, 2.45) is 0 Å². The van der Waals surface area contributed by atoms with E-state index in [1.807, 2.05) is 49.4 Å². The highest BCUT2D eigenvalue weighted by atomic mass is 32.1. The van der Waals surface area contributed by atoms with Gasteiger partial charge in [-0.2, -0.15) is 26.3 Å². The lowest BCUT2D eigenvalue weighted by Crippen LogP contribution is -2.48. The standard InChI is InChI=1S/C68H54F6N2O6S4/c1-6-8-10-12-14-37(15-13-11-9-7-2)75-61(77)44-25-21-40-42-23-27-46-58-47(28-24-43(56(42)58)41-22-26-45(62(75)78)57(44)55(40)41)64(80)76(63(46)79)38-17-19-39(20-18-38)82-65(81)52-31-30-51(86-52)54-33-49(36(5)85-54)60-59(66(69,70)68(73,74)67(60,71)72)48-32-53(84-35(48)4)50-29-16-34(3)83-50/h16-33,37H,6-15H2,1-5H3. The topological polar surface area (TPSA) is 101 Å². The Morgan fingerprint density at radius 3 is 1.36 bits per heavy atom. The number of hydrogen-bond donors (Lipinski definition) is 0. The molecule has 1 aliphatic carbocycles. The summed E-state index contributed by atoms with van der Waals surface area (Å²) in [5, 5.41) is 5.69. The van der Waals surface area contributed by atoms with Crippen LogP contribution < -0.4 is 9.64 Å². The zero-order valence-corrected chi connectivity index (χ0v) is 50.6. The minimum Gasteiger partial charge on any atom is -0.422 e. The van der Waals surface area contributed by atoms with Gasteiger partial charge in [0.25, 0.3) is 23.6 Å². The lowest BCUT2D eigenvalue weighted by Gasteiger charge is -2.35. The van der Waals surface area contributed by atoms with Crippen LogP contribution in [-0.4, -0.2) is 58.3 Å². The first-order valence-corrected chi connectivity index (χ1v) is 32.0. The van der Waals surface area contributed by atoms with Crippen LogP contribution in [0.5, 0.6) is 5.75 Å². The van der Waals surface area contributed by atoms with Crippen molar-refractivity contribution < 1.29 is 55.1 Å². The van der Waals surface area contributed by atoms with E-state index in [1.54, 1.807) is 18.2 Å². The van der Waals surface area contributed by atoms with E-state index in [-0.39, 0.29) is 65.5 Å². The van der Waals surface area contributed by atoms with Crippen LogP contribution in [0.4, 0.5) is 32.0 Å². The number of fused-ring (bicyclic) bond motifs is 2. The highest BCUT2D eigenvalue weighted by Crippen LogP contribution is 2.66. The molecule has 438 valence electrons. The van der Waals surface area contributed by atoms with Gasteiger partial charge in [0.05, 0.1) is 5.69 Å². The average molecular weight is 1240 g/mol. The molecule has 4 amide bonds. The second-order valence-corrected chi connectivity index (χ2v) is 27.4. The van der Waals surface area contributed by atoms with Crippen LogP contribution in [-0.2, 0) is 0 Å². The first-order valence-electron chi connectivity index (χ1n) is 28.7. The molecule has 6 aromatic carbocycles. The maximum Gasteiger partial charge on any atom is 0.380 e. The van der Waals surface area contributed by atoms with Crippen molar-refractivity contribution in [1.82, 2.24) is 4.90 Å². The van der Waals surface area contributed by atoms with Gasteiger partial charge in [-0.25, -0.2) is 9.69 Å². The molecule has 2 aliphatic heterocycles. The summed E-state index contributed by atoms with van der Waals surface area (Å²) < 4.78 is 100. The summed E-state index contributed by atoms with van der Waals surface area (Å²) in [5.74, 6) is -18.7. The molecule has 10 aromatic rings. The monoisotopic (exact) mass is 1240 g/mol. The molecular formula is C68H54F6N2O6S4. The van der Waals surface area contributed by atoms with E-state index in [0.717, 1.165) is 135 Å². The van der Waals surface area contributed by atoms with Crippen molar-refractivity contribution in [3.05, 3.63) is 162 Å². The Bertz CT molecular complexity index is 4400. The Morgan fingerprint density at radius 1 is 0.477 bits per heavy atom. The Hall–Kier alpha value is -7.51. The van der Waals surface area contributed by atoms with E-state index in [9.17, 15) is 24.0 Å². The minimum absolute atomic E-state index is 0.0595. The molecule has 18 heteroatoms. The van der Waals surface area contributed by atoms with E-state index >= 15 is 26.3 Å². The summed E-state index contributed by atoms with van der Waals surface area (Å²) in [6.45, 7) is 9.01. The van der Waals surface area contributed by atoms with Gasteiger partial charge in [-0.1, -0.05) is 89.5 Å². The summed E-state index contributed by atoms with van der Waals surface area (Å²) >= 11 is 4.28. The van der Waals surface area contributed by atoms with Gasteiger partial charge < -0.3 is 4.74 Å². The number of hydrogen-bond acceptors (Lipinski definition) is 10. The number of aryl methyl sites for hydroxylation is 3. The number of unbranched alkanes of at least 4 members (excludes halogenated alkanes) is 6. The van der Waals surface area contributed by atoms with Crippen LogP contribution in [0.25, 0.3) is 73.7 Å². The van der Waals surface area contributed by atoms with Crippen LogP contribution in [0.15, 0.2) is 109 Å². The quantitative estimate of drug-likeness (QED) is 0.0161. The lowest BCUT2D eigenvalue weighted by molar-refractivity contribution is -0.254. The number of benzene rings is 6. The second-order valence-electron chi connectivity index (χ2n) is 22.5. The number of anilines is 1. The Labute approximate surface area is 506 Å². The number of imide groups is 2. The van der Waals surface area contributed by atoms with E-state index in [2.05, 4.69) is 13.8 Å². The Balaban J connectivity index is 0.755. The normalized spacial score (nSPS) is 16.3. The summed E-state index contributed by atoms with van der Waals surface area (Å²) in [4.78, 5) is 77.8. The molecule has 0 unspecified atom stereocenters. The van der Waals surface area contributed by atoms with Crippen LogP contribution in [0.3, 0.4) is 0 Å². The predicted octanol–water partition coefficient (Wildman–Crippen LogP) is 20.0. The molecule has 0 spiro atoms.